The van der Waals surface area contributed by atoms with Crippen molar-refractivity contribution in [3.05, 3.63) is 35.7 Å². The third-order valence-electron chi connectivity index (χ3n) is 3.05. The Morgan fingerprint density at radius 1 is 1.27 bits per heavy atom. The van der Waals surface area contributed by atoms with Gasteiger partial charge in [-0.2, -0.15) is 13.2 Å². The lowest BCUT2D eigenvalue weighted by atomic mass is 9.98. The van der Waals surface area contributed by atoms with E-state index >= 15 is 0 Å². The highest BCUT2D eigenvalue weighted by Crippen LogP contribution is 2.31. The summed E-state index contributed by atoms with van der Waals surface area (Å²) in [5.74, 6) is -7.65. The van der Waals surface area contributed by atoms with Gasteiger partial charge in [0.05, 0.1) is 20.0 Å². The zero-order valence-corrected chi connectivity index (χ0v) is 13.4. The smallest absolute Gasteiger partial charge is 0.471 e. The molecule has 0 aromatic heterocycles. The predicted octanol–water partition coefficient (Wildman–Crippen LogP) is 2.89. The van der Waals surface area contributed by atoms with Crippen LogP contribution in [0, 0.1) is 11.6 Å². The van der Waals surface area contributed by atoms with Crippen molar-refractivity contribution >= 4 is 17.4 Å². The molecule has 0 aliphatic heterocycles. The van der Waals surface area contributed by atoms with E-state index in [1.807, 2.05) is 0 Å². The number of amides is 1. The molecule has 0 radical (unpaired) electrons. The average Bonchev–Trinajstić information content (AvgIpc) is 2.55. The van der Waals surface area contributed by atoms with Crippen molar-refractivity contribution in [3.8, 4) is 5.75 Å². The topological polar surface area (TPSA) is 64.6 Å². The van der Waals surface area contributed by atoms with Gasteiger partial charge < -0.3 is 14.8 Å². The van der Waals surface area contributed by atoms with Crippen LogP contribution in [0.1, 0.15) is 12.5 Å². The summed E-state index contributed by atoms with van der Waals surface area (Å²) in [6, 6.07) is -1.02. The Morgan fingerprint density at radius 2 is 1.88 bits per heavy atom. The standard InChI is InChI=1S/C15H13F6NO4/c1-3-26-13(23)11(22-14(24)15(19,20)21)8(6-16)7-4-5-9(17)12(25-2)10(7)18/h4-6,11H,3H2,1-2H3,(H,22,24)/b8-6+. The summed E-state index contributed by atoms with van der Waals surface area (Å²) in [4.78, 5) is 23.0. The maximum absolute atomic E-state index is 14.3. The van der Waals surface area contributed by atoms with E-state index in [0.29, 0.717) is 12.1 Å². The summed E-state index contributed by atoms with van der Waals surface area (Å²) >= 11 is 0. The largest absolute Gasteiger partial charge is 0.491 e. The van der Waals surface area contributed by atoms with E-state index in [1.54, 1.807) is 0 Å². The van der Waals surface area contributed by atoms with Crippen LogP contribution in [0.5, 0.6) is 5.75 Å². The number of alkyl halides is 3. The molecule has 1 unspecified atom stereocenters. The van der Waals surface area contributed by atoms with Crippen LogP contribution in [0.3, 0.4) is 0 Å². The summed E-state index contributed by atoms with van der Waals surface area (Å²) in [6.07, 6.45) is -5.79. The molecular weight excluding hydrogens is 372 g/mol. The molecule has 26 heavy (non-hydrogen) atoms. The Hall–Kier alpha value is -2.72. The normalized spacial score (nSPS) is 13.2. The first-order valence-corrected chi connectivity index (χ1v) is 6.95. The van der Waals surface area contributed by atoms with Crippen molar-refractivity contribution < 1.29 is 45.4 Å². The molecule has 1 aromatic carbocycles. The van der Waals surface area contributed by atoms with E-state index in [-0.39, 0.29) is 6.61 Å². The van der Waals surface area contributed by atoms with Gasteiger partial charge in [0.1, 0.15) is 0 Å². The lowest BCUT2D eigenvalue weighted by Gasteiger charge is -2.21. The molecule has 0 saturated heterocycles. The molecule has 0 bridgehead atoms. The number of esters is 1. The highest BCUT2D eigenvalue weighted by molar-refractivity contribution is 5.97. The van der Waals surface area contributed by atoms with Crippen molar-refractivity contribution in [2.75, 3.05) is 13.7 Å². The number of hydrogen-bond donors (Lipinski definition) is 1. The molecule has 0 fully saturated rings. The SMILES string of the molecule is CCOC(=O)C(NC(=O)C(F)(F)F)/C(=C/F)c1ccc(F)c(OC)c1F. The minimum Gasteiger partial charge on any atom is -0.491 e. The minimum atomic E-state index is -5.40. The molecule has 11 heteroatoms. The van der Waals surface area contributed by atoms with E-state index in [0.717, 1.165) is 7.11 Å². The maximum Gasteiger partial charge on any atom is 0.471 e. The monoisotopic (exact) mass is 385 g/mol. The summed E-state index contributed by atoms with van der Waals surface area (Å²) < 4.78 is 87.4. The molecule has 1 aromatic rings. The zero-order valence-electron chi connectivity index (χ0n) is 13.4. The molecule has 5 nitrogen and oxygen atoms in total. The predicted molar refractivity (Wildman–Crippen MR) is 76.6 cm³/mol. The van der Waals surface area contributed by atoms with Gasteiger partial charge in [0, 0.05) is 11.1 Å². The molecule has 144 valence electrons. The number of benzene rings is 1. The fourth-order valence-corrected chi connectivity index (χ4v) is 1.92. The Labute approximate surface area is 143 Å². The van der Waals surface area contributed by atoms with Crippen LogP contribution in [0.15, 0.2) is 18.5 Å². The van der Waals surface area contributed by atoms with Gasteiger partial charge in [0.2, 0.25) is 0 Å². The van der Waals surface area contributed by atoms with Gasteiger partial charge in [-0.15, -0.1) is 0 Å². The van der Waals surface area contributed by atoms with Crippen molar-refractivity contribution in [1.82, 2.24) is 5.32 Å². The van der Waals surface area contributed by atoms with Gasteiger partial charge in [-0.05, 0) is 19.1 Å². The number of carbonyl (C=O) groups is 2. The number of hydrogen-bond acceptors (Lipinski definition) is 4. The summed E-state index contributed by atoms with van der Waals surface area (Å²) in [5.41, 5.74) is -1.82. The van der Waals surface area contributed by atoms with Crippen molar-refractivity contribution in [3.63, 3.8) is 0 Å². The quantitative estimate of drug-likeness (QED) is 0.604. The summed E-state index contributed by atoms with van der Waals surface area (Å²) in [6.45, 7) is 0.993. The van der Waals surface area contributed by atoms with E-state index in [9.17, 15) is 35.9 Å². The van der Waals surface area contributed by atoms with Crippen LogP contribution in [0.4, 0.5) is 26.3 Å². The van der Waals surface area contributed by atoms with Crippen molar-refractivity contribution in [1.29, 1.82) is 0 Å². The summed E-state index contributed by atoms with van der Waals surface area (Å²) in [7, 11) is 0.901. The van der Waals surface area contributed by atoms with Gasteiger partial charge in [-0.3, -0.25) is 4.79 Å². The second-order valence-electron chi connectivity index (χ2n) is 4.66. The molecule has 1 rings (SSSR count). The molecule has 0 aliphatic carbocycles. The Kier molecular flexibility index (Phi) is 7.04. The molecule has 0 aliphatic rings. The van der Waals surface area contributed by atoms with E-state index < -0.39 is 58.9 Å². The molecule has 0 saturated carbocycles. The van der Waals surface area contributed by atoms with Gasteiger partial charge in [-0.25, -0.2) is 18.0 Å². The second kappa shape index (κ2) is 8.59. The minimum absolute atomic E-state index is 0.313. The van der Waals surface area contributed by atoms with Crippen LogP contribution < -0.4 is 10.1 Å². The average molecular weight is 385 g/mol. The third-order valence-corrected chi connectivity index (χ3v) is 3.05. The number of halogens is 6. The molecule has 1 N–H and O–H groups in total. The van der Waals surface area contributed by atoms with Crippen LogP contribution in [0.2, 0.25) is 0 Å². The highest BCUT2D eigenvalue weighted by Gasteiger charge is 2.42. The van der Waals surface area contributed by atoms with Crippen molar-refractivity contribution in [2.24, 2.45) is 0 Å². The zero-order chi connectivity index (χ0) is 20.1. The number of carbonyl (C=O) groups excluding carboxylic acids is 2. The Balaban J connectivity index is 3.43. The highest BCUT2D eigenvalue weighted by atomic mass is 19.4. The van der Waals surface area contributed by atoms with Crippen LogP contribution in [0.25, 0.3) is 5.57 Å². The van der Waals surface area contributed by atoms with Crippen molar-refractivity contribution in [2.45, 2.75) is 19.1 Å². The fourth-order valence-electron chi connectivity index (χ4n) is 1.92. The van der Waals surface area contributed by atoms with Gasteiger partial charge in [-0.1, -0.05) is 0 Å². The number of rotatable bonds is 6. The third kappa shape index (κ3) is 4.67. The van der Waals surface area contributed by atoms with E-state index in [1.165, 1.54) is 12.2 Å². The Bertz CT molecular complexity index is 717. The number of nitrogens with one attached hydrogen (secondary N) is 1. The Morgan fingerprint density at radius 3 is 2.35 bits per heavy atom. The van der Waals surface area contributed by atoms with E-state index in [2.05, 4.69) is 9.47 Å². The van der Waals surface area contributed by atoms with Crippen LogP contribution in [-0.4, -0.2) is 37.8 Å². The summed E-state index contributed by atoms with van der Waals surface area (Å²) in [5, 5.41) is 1.22. The van der Waals surface area contributed by atoms with Crippen LogP contribution in [-0.2, 0) is 14.3 Å². The number of methoxy groups -OCH3 is 1. The first kappa shape index (κ1) is 21.3. The molecule has 1 atom stereocenters. The lowest BCUT2D eigenvalue weighted by molar-refractivity contribution is -0.175. The number of ether oxygens (including phenoxy) is 2. The molecular formula is C15H13F6NO4. The van der Waals surface area contributed by atoms with E-state index in [4.69, 9.17) is 0 Å². The first-order valence-electron chi connectivity index (χ1n) is 6.95. The van der Waals surface area contributed by atoms with Gasteiger partial charge in [0.25, 0.3) is 0 Å². The molecule has 1 amide bonds. The molecule has 0 spiro atoms. The first-order chi connectivity index (χ1) is 12.1. The second-order valence-corrected chi connectivity index (χ2v) is 4.66. The lowest BCUT2D eigenvalue weighted by Crippen LogP contribution is -2.48. The van der Waals surface area contributed by atoms with Gasteiger partial charge in [0.15, 0.2) is 23.4 Å². The van der Waals surface area contributed by atoms with Gasteiger partial charge >= 0.3 is 18.1 Å². The fraction of sp³-hybridized carbons (Fsp3) is 0.333. The maximum atomic E-state index is 14.3. The van der Waals surface area contributed by atoms with Crippen LogP contribution >= 0.6 is 0 Å². The molecule has 0 heterocycles.